The molecule has 7 nitrogen and oxygen atoms in total. The summed E-state index contributed by atoms with van der Waals surface area (Å²) >= 11 is 0. The normalized spacial score (nSPS) is 22.2. The Labute approximate surface area is 144 Å². The molecular weight excluding hydrogens is 316 g/mol. The maximum absolute atomic E-state index is 12.7. The van der Waals surface area contributed by atoms with Crippen molar-refractivity contribution in [1.82, 2.24) is 24.6 Å². The first-order valence-electron chi connectivity index (χ1n) is 8.71. The minimum Gasteiger partial charge on any atom is -0.339 e. The minimum atomic E-state index is -0.739. The summed E-state index contributed by atoms with van der Waals surface area (Å²) in [6, 6.07) is 4.38. The van der Waals surface area contributed by atoms with E-state index in [4.69, 9.17) is 0 Å². The summed E-state index contributed by atoms with van der Waals surface area (Å²) in [5.41, 5.74) is 1.09. The number of aromatic nitrogens is 4. The zero-order valence-electron chi connectivity index (χ0n) is 13.8. The molecule has 0 aromatic carbocycles. The fraction of sp³-hybridized carbons (Fsp3) is 0.444. The zero-order valence-corrected chi connectivity index (χ0v) is 13.8. The number of fused-ring (bicyclic) bond motifs is 3. The van der Waals surface area contributed by atoms with Gasteiger partial charge < -0.3 is 10.00 Å². The number of hydrogen-bond donors (Lipinski definition) is 1. The molecule has 5 rings (SSSR count). The van der Waals surface area contributed by atoms with E-state index in [2.05, 4.69) is 25.8 Å². The van der Waals surface area contributed by atoms with Gasteiger partial charge in [0.15, 0.2) is 5.65 Å². The lowest BCUT2D eigenvalue weighted by Crippen LogP contribution is -2.44. The summed E-state index contributed by atoms with van der Waals surface area (Å²) in [5, 5.41) is 14.7. The second kappa shape index (κ2) is 5.06. The van der Waals surface area contributed by atoms with Crippen molar-refractivity contribution in [1.29, 1.82) is 5.26 Å². The van der Waals surface area contributed by atoms with Gasteiger partial charge in [-0.05, 0) is 31.7 Å². The molecule has 0 radical (unpaired) electrons. The Hall–Kier alpha value is -2.88. The van der Waals surface area contributed by atoms with Gasteiger partial charge in [-0.1, -0.05) is 0 Å². The van der Waals surface area contributed by atoms with Crippen LogP contribution in [0.15, 0.2) is 24.7 Å². The molecular formula is C18H18N6O. The molecule has 25 heavy (non-hydrogen) atoms. The summed E-state index contributed by atoms with van der Waals surface area (Å²) in [7, 11) is 0. The number of carbonyl (C=O) groups is 1. The van der Waals surface area contributed by atoms with Gasteiger partial charge in [0.25, 0.3) is 0 Å². The van der Waals surface area contributed by atoms with E-state index in [1.807, 2.05) is 23.4 Å². The van der Waals surface area contributed by atoms with Crippen molar-refractivity contribution >= 4 is 27.8 Å². The minimum absolute atomic E-state index is 0.0120. The topological polar surface area (TPSA) is 90.6 Å². The molecule has 2 fully saturated rings. The Morgan fingerprint density at radius 1 is 1.40 bits per heavy atom. The van der Waals surface area contributed by atoms with Crippen LogP contribution in [-0.2, 0) is 4.79 Å². The van der Waals surface area contributed by atoms with Gasteiger partial charge >= 0.3 is 0 Å². The lowest BCUT2D eigenvalue weighted by Gasteiger charge is -2.34. The number of aromatic amines is 1. The molecule has 3 aromatic rings. The number of amides is 1. The van der Waals surface area contributed by atoms with Crippen molar-refractivity contribution in [2.24, 2.45) is 5.41 Å². The van der Waals surface area contributed by atoms with Crippen molar-refractivity contribution in [3.05, 3.63) is 24.7 Å². The molecule has 3 aromatic heterocycles. The van der Waals surface area contributed by atoms with Gasteiger partial charge in [0, 0.05) is 42.5 Å². The Balaban J connectivity index is 1.51. The van der Waals surface area contributed by atoms with Gasteiger partial charge in [-0.15, -0.1) is 0 Å². The largest absolute Gasteiger partial charge is 0.339 e. The second-order valence-electron chi connectivity index (χ2n) is 7.13. The molecule has 4 heterocycles. The van der Waals surface area contributed by atoms with Gasteiger partial charge in [0.2, 0.25) is 5.91 Å². The number of rotatable bonds is 2. The molecule has 1 saturated carbocycles. The molecule has 1 N–H and O–H groups in total. The second-order valence-corrected chi connectivity index (χ2v) is 7.13. The van der Waals surface area contributed by atoms with Gasteiger partial charge in [-0.25, -0.2) is 9.97 Å². The molecule has 1 aliphatic carbocycles. The summed E-state index contributed by atoms with van der Waals surface area (Å²) in [5.74, 6) is 0.0120. The van der Waals surface area contributed by atoms with Crippen LogP contribution < -0.4 is 0 Å². The molecule has 0 spiro atoms. The van der Waals surface area contributed by atoms with Crippen molar-refractivity contribution < 1.29 is 4.79 Å². The number of nitrogens with zero attached hydrogens (tertiary/aromatic N) is 5. The fourth-order valence-electron chi connectivity index (χ4n) is 3.98. The smallest absolute Gasteiger partial charge is 0.243 e. The molecule has 2 aliphatic rings. The maximum atomic E-state index is 12.7. The number of likely N-dealkylation sites (tertiary alicyclic amines) is 1. The number of pyridine rings is 1. The lowest BCUT2D eigenvalue weighted by atomic mass is 10.0. The third-order valence-electron chi connectivity index (χ3n) is 5.56. The highest BCUT2D eigenvalue weighted by molar-refractivity contribution is 6.02. The number of nitriles is 1. The van der Waals surface area contributed by atoms with E-state index < -0.39 is 5.41 Å². The van der Waals surface area contributed by atoms with Gasteiger partial charge in [0.05, 0.1) is 17.6 Å². The van der Waals surface area contributed by atoms with Crippen LogP contribution in [0.3, 0.4) is 0 Å². The number of nitrogens with one attached hydrogen (secondary N) is 1. The van der Waals surface area contributed by atoms with E-state index in [0.29, 0.717) is 19.4 Å². The van der Waals surface area contributed by atoms with Crippen LogP contribution in [0.5, 0.6) is 0 Å². The summed E-state index contributed by atoms with van der Waals surface area (Å²) in [6.07, 6.45) is 8.90. The number of piperidine rings is 1. The first-order valence-corrected chi connectivity index (χ1v) is 8.71. The summed E-state index contributed by atoms with van der Waals surface area (Å²) < 4.78 is 2.15. The average Bonchev–Trinajstić information content (AvgIpc) is 3.10. The third-order valence-corrected chi connectivity index (χ3v) is 5.56. The maximum Gasteiger partial charge on any atom is 0.243 e. The third kappa shape index (κ3) is 2.07. The van der Waals surface area contributed by atoms with Crippen LogP contribution in [0.2, 0.25) is 0 Å². The highest BCUT2D eigenvalue weighted by atomic mass is 16.2. The molecule has 7 heteroatoms. The van der Waals surface area contributed by atoms with Crippen LogP contribution in [0, 0.1) is 16.7 Å². The Kier molecular flexibility index (Phi) is 2.93. The molecule has 1 amide bonds. The average molecular weight is 334 g/mol. The van der Waals surface area contributed by atoms with E-state index in [1.165, 1.54) is 0 Å². The van der Waals surface area contributed by atoms with E-state index in [0.717, 1.165) is 41.3 Å². The van der Waals surface area contributed by atoms with Gasteiger partial charge in [-0.3, -0.25) is 9.48 Å². The molecule has 0 bridgehead atoms. The van der Waals surface area contributed by atoms with Gasteiger partial charge in [-0.2, -0.15) is 5.26 Å². The number of carbonyl (C=O) groups excluding carboxylic acids is 1. The SMILES string of the molecule is N#CC1(C(=O)N2CCC[C@H](n3[nH]cc4cnc5nccc5c43)C2)CC1. The fourth-order valence-corrected chi connectivity index (χ4v) is 3.98. The first-order chi connectivity index (χ1) is 12.2. The highest BCUT2D eigenvalue weighted by Gasteiger charge is 2.53. The van der Waals surface area contributed by atoms with E-state index in [9.17, 15) is 10.1 Å². The predicted octanol–water partition coefficient (Wildman–Crippen LogP) is 2.38. The molecule has 0 unspecified atom stereocenters. The summed E-state index contributed by atoms with van der Waals surface area (Å²) in [4.78, 5) is 23.3. The van der Waals surface area contributed by atoms with E-state index in [-0.39, 0.29) is 11.9 Å². The van der Waals surface area contributed by atoms with Crippen molar-refractivity contribution in [3.63, 3.8) is 0 Å². The van der Waals surface area contributed by atoms with Crippen LogP contribution in [0.1, 0.15) is 31.7 Å². The quantitative estimate of drug-likeness (QED) is 0.779. The van der Waals surface area contributed by atoms with Crippen LogP contribution >= 0.6 is 0 Å². The Morgan fingerprint density at radius 2 is 2.28 bits per heavy atom. The van der Waals surface area contributed by atoms with Crippen molar-refractivity contribution in [2.75, 3.05) is 13.1 Å². The van der Waals surface area contributed by atoms with Crippen LogP contribution in [0.25, 0.3) is 21.9 Å². The van der Waals surface area contributed by atoms with Crippen LogP contribution in [0.4, 0.5) is 0 Å². The predicted molar refractivity (Wildman–Crippen MR) is 91.5 cm³/mol. The van der Waals surface area contributed by atoms with Crippen LogP contribution in [-0.4, -0.2) is 43.6 Å². The molecule has 1 saturated heterocycles. The first kappa shape index (κ1) is 14.5. The standard InChI is InChI=1S/C18H18N6O/c19-11-18(4-5-18)17(25)23-7-1-2-13(10-23)24-15-12(9-22-24)8-21-16-14(15)3-6-20-16/h3,6,8-9,13,22H,1-2,4-5,7,10H2/t13-/m0/s1. The molecule has 126 valence electrons. The van der Waals surface area contributed by atoms with E-state index >= 15 is 0 Å². The lowest BCUT2D eigenvalue weighted by molar-refractivity contribution is -0.136. The zero-order chi connectivity index (χ0) is 17.0. The summed E-state index contributed by atoms with van der Waals surface area (Å²) in [6.45, 7) is 1.38. The van der Waals surface area contributed by atoms with Crippen molar-refractivity contribution in [2.45, 2.75) is 31.7 Å². The molecule has 1 atom stereocenters. The van der Waals surface area contributed by atoms with Crippen molar-refractivity contribution in [3.8, 4) is 6.07 Å². The van der Waals surface area contributed by atoms with E-state index in [1.54, 1.807) is 6.20 Å². The highest BCUT2D eigenvalue weighted by Crippen LogP contribution is 2.47. The Bertz CT molecular complexity index is 1020. The Morgan fingerprint density at radius 3 is 3.08 bits per heavy atom. The van der Waals surface area contributed by atoms with Gasteiger partial charge in [0.1, 0.15) is 5.41 Å². The number of H-pyrrole nitrogens is 1. The monoisotopic (exact) mass is 334 g/mol. The number of hydrogen-bond acceptors (Lipinski definition) is 4. The molecule has 1 aliphatic heterocycles.